The lowest BCUT2D eigenvalue weighted by atomic mass is 9.79. The summed E-state index contributed by atoms with van der Waals surface area (Å²) in [5.41, 5.74) is 5.62. The summed E-state index contributed by atoms with van der Waals surface area (Å²) >= 11 is 6.13. The molecule has 3 rings (SSSR count). The van der Waals surface area contributed by atoms with Gasteiger partial charge < -0.3 is 5.32 Å². The van der Waals surface area contributed by atoms with E-state index in [9.17, 15) is 4.79 Å². The summed E-state index contributed by atoms with van der Waals surface area (Å²) < 4.78 is 0. The Bertz CT molecular complexity index is 714. The lowest BCUT2D eigenvalue weighted by molar-refractivity contribution is -0.121. The van der Waals surface area contributed by atoms with E-state index in [1.807, 2.05) is 24.3 Å². The van der Waals surface area contributed by atoms with Crippen molar-refractivity contribution in [2.45, 2.75) is 44.9 Å². The highest BCUT2D eigenvalue weighted by atomic mass is 35.5. The van der Waals surface area contributed by atoms with Crippen LogP contribution in [0.4, 0.5) is 0 Å². The number of rotatable bonds is 1. The number of benzene rings is 1. The number of piperidine rings is 1. The molecule has 1 saturated carbocycles. The zero-order valence-electron chi connectivity index (χ0n) is 13.5. The van der Waals surface area contributed by atoms with Crippen LogP contribution < -0.4 is 5.32 Å². The average Bonchev–Trinajstić information content (AvgIpc) is 2.56. The summed E-state index contributed by atoms with van der Waals surface area (Å²) in [6.07, 6.45) is 7.08. The van der Waals surface area contributed by atoms with E-state index >= 15 is 0 Å². The van der Waals surface area contributed by atoms with Crippen LogP contribution in [-0.2, 0) is 4.79 Å². The van der Waals surface area contributed by atoms with E-state index < -0.39 is 0 Å². The van der Waals surface area contributed by atoms with Gasteiger partial charge in [0.1, 0.15) is 0 Å². The number of hydrogen-bond donors (Lipinski definition) is 1. The Morgan fingerprint density at radius 3 is 2.83 bits per heavy atom. The van der Waals surface area contributed by atoms with E-state index in [-0.39, 0.29) is 11.8 Å². The number of carbonyl (C=O) groups is 1. The van der Waals surface area contributed by atoms with Gasteiger partial charge in [-0.2, -0.15) is 0 Å². The molecule has 1 aromatic rings. The van der Waals surface area contributed by atoms with Gasteiger partial charge in [0.2, 0.25) is 5.91 Å². The van der Waals surface area contributed by atoms with Gasteiger partial charge in [-0.15, -0.1) is 0 Å². The van der Waals surface area contributed by atoms with Gasteiger partial charge in [0.25, 0.3) is 0 Å². The molecule has 23 heavy (non-hydrogen) atoms. The van der Waals surface area contributed by atoms with Crippen LogP contribution in [-0.4, -0.2) is 5.91 Å². The SMILES string of the molecule is C=C1/C(=C2/CCCC/C2=C/C)NC(=O)CC1c1cccc(Cl)c1. The van der Waals surface area contributed by atoms with Crippen LogP contribution in [0.5, 0.6) is 0 Å². The molecule has 1 saturated heterocycles. The maximum Gasteiger partial charge on any atom is 0.225 e. The fourth-order valence-electron chi connectivity index (χ4n) is 3.60. The molecule has 120 valence electrons. The molecule has 1 aliphatic heterocycles. The lowest BCUT2D eigenvalue weighted by Crippen LogP contribution is -2.34. The van der Waals surface area contributed by atoms with Crippen LogP contribution in [0.2, 0.25) is 5.02 Å². The highest BCUT2D eigenvalue weighted by molar-refractivity contribution is 6.30. The van der Waals surface area contributed by atoms with Crippen LogP contribution in [0, 0.1) is 0 Å². The third-order valence-corrected chi connectivity index (χ3v) is 5.04. The van der Waals surface area contributed by atoms with Crippen molar-refractivity contribution >= 4 is 17.5 Å². The predicted molar refractivity (Wildman–Crippen MR) is 95.3 cm³/mol. The van der Waals surface area contributed by atoms with E-state index in [0.717, 1.165) is 29.7 Å². The second-order valence-corrected chi connectivity index (χ2v) is 6.70. The molecule has 1 aliphatic carbocycles. The Balaban J connectivity index is 2.02. The molecule has 3 heteroatoms. The smallest absolute Gasteiger partial charge is 0.225 e. The number of hydrogen-bond acceptors (Lipinski definition) is 1. The zero-order chi connectivity index (χ0) is 16.4. The first kappa shape index (κ1) is 16.1. The van der Waals surface area contributed by atoms with Crippen molar-refractivity contribution in [2.24, 2.45) is 0 Å². The minimum absolute atomic E-state index is 0.00461. The van der Waals surface area contributed by atoms with Gasteiger partial charge in [-0.3, -0.25) is 4.79 Å². The second kappa shape index (κ2) is 6.76. The summed E-state index contributed by atoms with van der Waals surface area (Å²) in [5, 5.41) is 3.78. The van der Waals surface area contributed by atoms with Gasteiger partial charge in [0.15, 0.2) is 0 Å². The monoisotopic (exact) mass is 327 g/mol. The van der Waals surface area contributed by atoms with E-state index in [0.29, 0.717) is 11.4 Å². The van der Waals surface area contributed by atoms with Crippen LogP contribution in [0.1, 0.15) is 50.5 Å². The standard InChI is InChI=1S/C20H22ClNO/c1-3-14-7-4-5-10-17(14)20-13(2)18(12-19(23)22-20)15-8-6-9-16(21)11-15/h3,6,8-9,11,18H,2,4-5,7,10,12H2,1H3,(H,22,23)/b14-3-,20-17+. The molecular formula is C20H22ClNO. The Hall–Kier alpha value is -1.80. The van der Waals surface area contributed by atoms with Crippen molar-refractivity contribution in [1.82, 2.24) is 5.32 Å². The quantitative estimate of drug-likeness (QED) is 0.747. The third kappa shape index (κ3) is 3.28. The van der Waals surface area contributed by atoms with E-state index in [1.165, 1.54) is 24.0 Å². The number of amides is 1. The minimum atomic E-state index is 0.00461. The Morgan fingerprint density at radius 2 is 2.09 bits per heavy atom. The van der Waals surface area contributed by atoms with Gasteiger partial charge >= 0.3 is 0 Å². The summed E-state index contributed by atoms with van der Waals surface area (Å²) in [6, 6.07) is 7.76. The van der Waals surface area contributed by atoms with E-state index in [2.05, 4.69) is 24.9 Å². The molecule has 1 unspecified atom stereocenters. The number of allylic oxidation sites excluding steroid dienone is 4. The fourth-order valence-corrected chi connectivity index (χ4v) is 3.80. The maximum atomic E-state index is 12.3. The molecule has 1 heterocycles. The first-order valence-corrected chi connectivity index (χ1v) is 8.61. The maximum absolute atomic E-state index is 12.3. The van der Waals surface area contributed by atoms with Crippen molar-refractivity contribution < 1.29 is 4.79 Å². The topological polar surface area (TPSA) is 29.1 Å². The van der Waals surface area contributed by atoms with Gasteiger partial charge in [0, 0.05) is 23.1 Å². The van der Waals surface area contributed by atoms with Crippen molar-refractivity contribution in [3.63, 3.8) is 0 Å². The molecule has 1 N–H and O–H groups in total. The molecule has 0 bridgehead atoms. The van der Waals surface area contributed by atoms with E-state index in [4.69, 9.17) is 11.6 Å². The summed E-state index contributed by atoms with van der Waals surface area (Å²) in [7, 11) is 0. The number of carbonyl (C=O) groups excluding carboxylic acids is 1. The highest BCUT2D eigenvalue weighted by Gasteiger charge is 2.30. The van der Waals surface area contributed by atoms with Crippen molar-refractivity contribution in [3.8, 4) is 0 Å². The first-order chi connectivity index (χ1) is 11.1. The third-order valence-electron chi connectivity index (χ3n) is 4.81. The Labute approximate surface area is 142 Å². The molecule has 0 radical (unpaired) electrons. The van der Waals surface area contributed by atoms with Gasteiger partial charge in [-0.25, -0.2) is 0 Å². The average molecular weight is 328 g/mol. The highest BCUT2D eigenvalue weighted by Crippen LogP contribution is 2.40. The summed E-state index contributed by atoms with van der Waals surface area (Å²) in [5.74, 6) is 0.0656. The molecule has 0 spiro atoms. The van der Waals surface area contributed by atoms with Gasteiger partial charge in [-0.05, 0) is 67.0 Å². The van der Waals surface area contributed by atoms with Crippen molar-refractivity contribution in [2.75, 3.05) is 0 Å². The molecule has 2 nitrogen and oxygen atoms in total. The van der Waals surface area contributed by atoms with Crippen LogP contribution >= 0.6 is 11.6 Å². The number of nitrogens with one attached hydrogen (secondary N) is 1. The largest absolute Gasteiger partial charge is 0.326 e. The number of halogens is 1. The molecule has 2 fully saturated rings. The van der Waals surface area contributed by atoms with Crippen LogP contribution in [0.15, 0.2) is 59.3 Å². The van der Waals surface area contributed by atoms with E-state index in [1.54, 1.807) is 0 Å². The molecule has 1 aromatic carbocycles. The summed E-state index contributed by atoms with van der Waals surface area (Å²) in [6.45, 7) is 6.39. The normalized spacial score (nSPS) is 27.2. The van der Waals surface area contributed by atoms with Gasteiger partial charge in [-0.1, -0.05) is 36.4 Å². The second-order valence-electron chi connectivity index (χ2n) is 6.26. The molecular weight excluding hydrogens is 306 g/mol. The predicted octanol–water partition coefficient (Wildman–Crippen LogP) is 5.27. The van der Waals surface area contributed by atoms with Crippen LogP contribution in [0.3, 0.4) is 0 Å². The summed E-state index contributed by atoms with van der Waals surface area (Å²) in [4.78, 5) is 12.3. The van der Waals surface area contributed by atoms with Crippen molar-refractivity contribution in [1.29, 1.82) is 0 Å². The Kier molecular flexibility index (Phi) is 4.72. The van der Waals surface area contributed by atoms with Crippen LogP contribution in [0.25, 0.3) is 0 Å². The van der Waals surface area contributed by atoms with Crippen molar-refractivity contribution in [3.05, 3.63) is 69.9 Å². The zero-order valence-corrected chi connectivity index (χ0v) is 14.2. The fraction of sp³-hybridized carbons (Fsp3) is 0.350. The molecule has 0 aromatic heterocycles. The minimum Gasteiger partial charge on any atom is -0.326 e. The molecule has 1 amide bonds. The van der Waals surface area contributed by atoms with Gasteiger partial charge in [0.05, 0.1) is 0 Å². The molecule has 1 atom stereocenters. The lowest BCUT2D eigenvalue weighted by Gasteiger charge is -2.32. The Morgan fingerprint density at radius 1 is 1.30 bits per heavy atom. The first-order valence-electron chi connectivity index (χ1n) is 8.23. The molecule has 2 aliphatic rings.